The fraction of sp³-hybridized carbons (Fsp3) is 0.727. The SMILES string of the molecule is CC/C=C\C/C=C\C/C=C\C/C=C\C/C=C\C/C=C\C/C=C\C/C=C\CCCCCCCCCCCCCCCCCCC(=O)NC(CO)C(O)/C=C/CC/C=C/CCCCCCCCCCCCCCCCCCCCCCCC. The number of carbonyl (C=O) groups is 1. The summed E-state index contributed by atoms with van der Waals surface area (Å²) in [7, 11) is 0. The molecule has 0 aliphatic heterocycles. The van der Waals surface area contributed by atoms with E-state index in [1.54, 1.807) is 6.08 Å². The molecule has 3 N–H and O–H groups in total. The lowest BCUT2D eigenvalue weighted by Gasteiger charge is -2.19. The van der Waals surface area contributed by atoms with E-state index in [4.69, 9.17) is 0 Å². The lowest BCUT2D eigenvalue weighted by molar-refractivity contribution is -0.123. The van der Waals surface area contributed by atoms with Crippen LogP contribution in [0.1, 0.15) is 341 Å². The van der Waals surface area contributed by atoms with E-state index in [9.17, 15) is 15.0 Å². The lowest BCUT2D eigenvalue weighted by atomic mass is 10.0. The number of rotatable bonds is 64. The zero-order valence-corrected chi connectivity index (χ0v) is 53.8. The molecule has 2 atom stereocenters. The Hall–Kier alpha value is -3.21. The van der Waals surface area contributed by atoms with Gasteiger partial charge in [-0.05, 0) is 96.3 Å². The van der Waals surface area contributed by atoms with Gasteiger partial charge in [-0.25, -0.2) is 0 Å². The minimum atomic E-state index is -0.870. The maximum atomic E-state index is 12.5. The van der Waals surface area contributed by atoms with E-state index in [-0.39, 0.29) is 12.5 Å². The summed E-state index contributed by atoms with van der Waals surface area (Å²) in [5.41, 5.74) is 0. The number of hydrogen-bond donors (Lipinski definition) is 3. The molecule has 0 aromatic carbocycles. The van der Waals surface area contributed by atoms with E-state index in [0.717, 1.165) is 83.5 Å². The topological polar surface area (TPSA) is 69.6 Å². The van der Waals surface area contributed by atoms with Crippen molar-refractivity contribution in [2.45, 2.75) is 353 Å². The van der Waals surface area contributed by atoms with E-state index < -0.39 is 12.1 Å². The van der Waals surface area contributed by atoms with Gasteiger partial charge in [0.15, 0.2) is 0 Å². The quantitative estimate of drug-likeness (QED) is 0.0420. The standard InChI is InChI=1S/C77H135NO3/c1-3-5-7-9-11-13-15-17-19-21-23-25-27-29-31-33-34-35-36-37-38-39-40-41-42-43-44-45-47-49-51-53-55-57-59-61-63-65-67-69-71-73-77(81)78-75(74-79)76(80)72-70-68-66-64-62-60-58-56-54-52-50-48-46-32-30-28-26-24-22-20-18-16-14-12-10-8-6-4-2/h5,7,11,13,17,19,23,25,29,31,34-35,37-38,40-41,62,64,70,72,75-76,79-80H,3-4,6,8-10,12,14-16,18,20-22,24,26-28,30,32-33,36,39,42-61,63,65-69,71,73-74H2,1-2H3,(H,78,81)/b7-5-,13-11-,19-17-,25-23-,31-29-,35-34-,38-37-,41-40-,64-62+,72-70+. The van der Waals surface area contributed by atoms with Crippen LogP contribution < -0.4 is 5.32 Å². The molecule has 0 heterocycles. The first kappa shape index (κ1) is 77.8. The highest BCUT2D eigenvalue weighted by molar-refractivity contribution is 5.76. The van der Waals surface area contributed by atoms with Gasteiger partial charge < -0.3 is 15.5 Å². The lowest BCUT2D eigenvalue weighted by Crippen LogP contribution is -2.45. The third-order valence-electron chi connectivity index (χ3n) is 15.7. The van der Waals surface area contributed by atoms with Gasteiger partial charge in [-0.3, -0.25) is 4.79 Å². The first-order valence-corrected chi connectivity index (χ1v) is 35.2. The number of amides is 1. The largest absolute Gasteiger partial charge is 0.394 e. The van der Waals surface area contributed by atoms with E-state index in [2.05, 4.69) is 129 Å². The maximum Gasteiger partial charge on any atom is 0.220 e. The number of aliphatic hydroxyl groups excluding tert-OH is 2. The molecule has 0 fully saturated rings. The van der Waals surface area contributed by atoms with Crippen molar-refractivity contribution in [1.29, 1.82) is 0 Å². The van der Waals surface area contributed by atoms with Gasteiger partial charge in [-0.1, -0.05) is 360 Å². The summed E-state index contributed by atoms with van der Waals surface area (Å²) >= 11 is 0. The van der Waals surface area contributed by atoms with Crippen molar-refractivity contribution in [2.24, 2.45) is 0 Å². The summed E-state index contributed by atoms with van der Waals surface area (Å²) in [5, 5.41) is 23.3. The molecule has 0 bridgehead atoms. The second-order valence-electron chi connectivity index (χ2n) is 23.6. The van der Waals surface area contributed by atoms with Crippen molar-refractivity contribution >= 4 is 5.91 Å². The Kier molecular flexibility index (Phi) is 68.2. The monoisotopic (exact) mass is 1120 g/mol. The van der Waals surface area contributed by atoms with Crippen molar-refractivity contribution in [1.82, 2.24) is 5.32 Å². The Bertz CT molecular complexity index is 1560. The molecule has 0 aliphatic carbocycles. The van der Waals surface area contributed by atoms with Gasteiger partial charge in [0.05, 0.1) is 18.8 Å². The summed E-state index contributed by atoms with van der Waals surface area (Å²) < 4.78 is 0. The molecule has 0 radical (unpaired) electrons. The molecule has 0 rings (SSSR count). The van der Waals surface area contributed by atoms with Gasteiger partial charge in [-0.15, -0.1) is 0 Å². The predicted octanol–water partition coefficient (Wildman–Crippen LogP) is 24.3. The minimum absolute atomic E-state index is 0.0731. The van der Waals surface area contributed by atoms with Gasteiger partial charge in [0.1, 0.15) is 0 Å². The summed E-state index contributed by atoms with van der Waals surface area (Å²) in [6, 6.07) is -0.647. The zero-order valence-electron chi connectivity index (χ0n) is 53.8. The molecule has 2 unspecified atom stereocenters. The molecule has 81 heavy (non-hydrogen) atoms. The fourth-order valence-electron chi connectivity index (χ4n) is 10.4. The maximum absolute atomic E-state index is 12.5. The molecule has 4 nitrogen and oxygen atoms in total. The first-order chi connectivity index (χ1) is 40.2. The second kappa shape index (κ2) is 71.1. The van der Waals surface area contributed by atoms with Crippen molar-refractivity contribution < 1.29 is 15.0 Å². The average molecular weight is 1120 g/mol. The number of aliphatic hydroxyl groups is 2. The van der Waals surface area contributed by atoms with Gasteiger partial charge in [-0.2, -0.15) is 0 Å². The molecule has 0 spiro atoms. The molecular formula is C77H135NO3. The van der Waals surface area contributed by atoms with E-state index in [1.807, 2.05) is 6.08 Å². The van der Waals surface area contributed by atoms with Crippen molar-refractivity contribution in [3.63, 3.8) is 0 Å². The van der Waals surface area contributed by atoms with E-state index >= 15 is 0 Å². The molecule has 0 aromatic rings. The number of carbonyl (C=O) groups excluding carboxylic acids is 1. The third kappa shape index (κ3) is 67.5. The van der Waals surface area contributed by atoms with Crippen LogP contribution in [-0.2, 0) is 4.79 Å². The minimum Gasteiger partial charge on any atom is -0.394 e. The molecular weight excluding hydrogens is 987 g/mol. The van der Waals surface area contributed by atoms with Gasteiger partial charge in [0.2, 0.25) is 5.91 Å². The van der Waals surface area contributed by atoms with E-state index in [1.165, 1.54) is 238 Å². The van der Waals surface area contributed by atoms with Crippen LogP contribution in [0.3, 0.4) is 0 Å². The summed E-state index contributed by atoms with van der Waals surface area (Å²) in [6.45, 7) is 4.21. The Balaban J connectivity index is 3.52. The summed E-state index contributed by atoms with van der Waals surface area (Å²) in [4.78, 5) is 12.5. The van der Waals surface area contributed by atoms with Crippen LogP contribution in [0.2, 0.25) is 0 Å². The number of nitrogens with one attached hydrogen (secondary N) is 1. The van der Waals surface area contributed by atoms with Crippen LogP contribution in [0.15, 0.2) is 122 Å². The van der Waals surface area contributed by atoms with Crippen LogP contribution in [0.25, 0.3) is 0 Å². The van der Waals surface area contributed by atoms with Gasteiger partial charge in [0.25, 0.3) is 0 Å². The molecule has 4 heteroatoms. The third-order valence-corrected chi connectivity index (χ3v) is 15.7. The molecule has 0 saturated heterocycles. The Morgan fingerprint density at radius 2 is 0.556 bits per heavy atom. The molecule has 0 saturated carbocycles. The normalized spacial score (nSPS) is 13.5. The number of unbranched alkanes of at least 4 members (excludes halogenated alkanes) is 39. The van der Waals surface area contributed by atoms with Crippen molar-refractivity contribution in [3.8, 4) is 0 Å². The highest BCUT2D eigenvalue weighted by Gasteiger charge is 2.18. The van der Waals surface area contributed by atoms with Crippen molar-refractivity contribution in [2.75, 3.05) is 6.61 Å². The number of hydrogen-bond acceptors (Lipinski definition) is 3. The van der Waals surface area contributed by atoms with Crippen LogP contribution in [0, 0.1) is 0 Å². The Morgan fingerprint density at radius 1 is 0.309 bits per heavy atom. The predicted molar refractivity (Wildman–Crippen MR) is 363 cm³/mol. The first-order valence-electron chi connectivity index (χ1n) is 35.2. The molecule has 1 amide bonds. The highest BCUT2D eigenvalue weighted by atomic mass is 16.3. The van der Waals surface area contributed by atoms with Crippen LogP contribution in [0.5, 0.6) is 0 Å². The average Bonchev–Trinajstić information content (AvgIpc) is 3.47. The molecule has 0 aromatic heterocycles. The van der Waals surface area contributed by atoms with E-state index in [0.29, 0.717) is 6.42 Å². The smallest absolute Gasteiger partial charge is 0.220 e. The summed E-state index contributed by atoms with van der Waals surface area (Å²) in [5.74, 6) is -0.0731. The second-order valence-corrected chi connectivity index (χ2v) is 23.6. The van der Waals surface area contributed by atoms with Crippen molar-refractivity contribution in [3.05, 3.63) is 122 Å². The van der Waals surface area contributed by atoms with Crippen LogP contribution in [-0.4, -0.2) is 34.9 Å². The fourth-order valence-corrected chi connectivity index (χ4v) is 10.4. The molecule has 0 aliphatic rings. The van der Waals surface area contributed by atoms with Crippen LogP contribution >= 0.6 is 0 Å². The Morgan fingerprint density at radius 3 is 0.864 bits per heavy atom. The highest BCUT2D eigenvalue weighted by Crippen LogP contribution is 2.18. The summed E-state index contributed by atoms with van der Waals surface area (Å²) in [6.07, 6.45) is 109. The van der Waals surface area contributed by atoms with Gasteiger partial charge >= 0.3 is 0 Å². The zero-order chi connectivity index (χ0) is 58.4. The number of allylic oxidation sites excluding steroid dienone is 19. The Labute approximate surface area is 505 Å². The van der Waals surface area contributed by atoms with Gasteiger partial charge in [0, 0.05) is 6.42 Å². The van der Waals surface area contributed by atoms with Crippen LogP contribution in [0.4, 0.5) is 0 Å². The molecule has 466 valence electrons.